The van der Waals surface area contributed by atoms with Crippen molar-refractivity contribution >= 4 is 29.5 Å². The smallest absolute Gasteiger partial charge is 0.328 e. The van der Waals surface area contributed by atoms with Crippen molar-refractivity contribution < 1.29 is 14.7 Å². The van der Waals surface area contributed by atoms with Gasteiger partial charge in [0, 0.05) is 36.8 Å². The molecule has 3 rings (SSSR count). The molecule has 1 aliphatic rings. The second-order valence-corrected chi connectivity index (χ2v) is 6.56. The average Bonchev–Trinajstić information content (AvgIpc) is 2.72. The molecule has 0 aliphatic carbocycles. The predicted octanol–water partition coefficient (Wildman–Crippen LogP) is 3.36. The van der Waals surface area contributed by atoms with E-state index in [1.807, 2.05) is 24.3 Å². The maximum absolute atomic E-state index is 12.5. The lowest BCUT2D eigenvalue weighted by Gasteiger charge is -2.16. The number of ketones is 1. The summed E-state index contributed by atoms with van der Waals surface area (Å²) in [6.45, 7) is 1.74. The molecule has 144 valence electrons. The number of aliphatic carboxylic acids is 1. The number of benzene rings is 2. The molecule has 0 aromatic heterocycles. The van der Waals surface area contributed by atoms with Crippen molar-refractivity contribution in [2.45, 2.75) is 19.3 Å². The summed E-state index contributed by atoms with van der Waals surface area (Å²) in [5, 5.41) is 15.2. The maximum atomic E-state index is 12.5. The number of hydrogen-bond acceptors (Lipinski definition) is 5. The van der Waals surface area contributed by atoms with Crippen LogP contribution in [0.15, 0.2) is 59.6 Å². The lowest BCUT2D eigenvalue weighted by atomic mass is 10.0. The van der Waals surface area contributed by atoms with Crippen LogP contribution in [0.2, 0.25) is 0 Å². The first-order chi connectivity index (χ1) is 13.6. The van der Waals surface area contributed by atoms with Gasteiger partial charge in [0.25, 0.3) is 0 Å². The molecule has 6 heteroatoms. The number of carboxylic acid groups (broad SMARTS) is 1. The number of hydrogen-bond donors (Lipinski definition) is 3. The number of nitrogens with one attached hydrogen (secondary N) is 2. The molecule has 2 aromatic rings. The van der Waals surface area contributed by atoms with E-state index in [0.717, 1.165) is 42.8 Å². The van der Waals surface area contributed by atoms with E-state index in [9.17, 15) is 9.59 Å². The zero-order valence-electron chi connectivity index (χ0n) is 15.5. The fourth-order valence-corrected chi connectivity index (χ4v) is 2.94. The number of guanidine groups is 1. The summed E-state index contributed by atoms with van der Waals surface area (Å²) in [6.07, 6.45) is 4.60. The first-order valence-corrected chi connectivity index (χ1v) is 9.29. The molecule has 1 aliphatic heterocycles. The minimum absolute atomic E-state index is 0.0299. The summed E-state index contributed by atoms with van der Waals surface area (Å²) < 4.78 is 0. The highest BCUT2D eigenvalue weighted by Gasteiger charge is 2.08. The van der Waals surface area contributed by atoms with E-state index in [2.05, 4.69) is 15.6 Å². The van der Waals surface area contributed by atoms with Crippen LogP contribution < -0.4 is 10.6 Å². The van der Waals surface area contributed by atoms with Gasteiger partial charge in [-0.25, -0.2) is 4.79 Å². The summed E-state index contributed by atoms with van der Waals surface area (Å²) in [7, 11) is 0. The lowest BCUT2D eigenvalue weighted by Crippen LogP contribution is -2.35. The summed E-state index contributed by atoms with van der Waals surface area (Å²) in [5.41, 5.74) is 3.29. The Balaban J connectivity index is 1.60. The van der Waals surface area contributed by atoms with Gasteiger partial charge in [0.15, 0.2) is 11.7 Å². The summed E-state index contributed by atoms with van der Waals surface area (Å²) in [4.78, 5) is 27.6. The normalized spacial score (nSPS) is 13.6. The molecule has 0 amide bonds. The Labute approximate surface area is 164 Å². The van der Waals surface area contributed by atoms with E-state index in [1.165, 1.54) is 6.08 Å². The van der Waals surface area contributed by atoms with E-state index >= 15 is 0 Å². The van der Waals surface area contributed by atoms with Crippen LogP contribution in [0.3, 0.4) is 0 Å². The Hall–Kier alpha value is -3.41. The molecular formula is C22H23N3O3. The molecule has 0 saturated carbocycles. The van der Waals surface area contributed by atoms with Crippen LogP contribution in [0.4, 0.5) is 5.69 Å². The van der Waals surface area contributed by atoms with Gasteiger partial charge in [-0.2, -0.15) is 0 Å². The Kier molecular flexibility index (Phi) is 6.57. The molecule has 0 atom stereocenters. The van der Waals surface area contributed by atoms with Crippen molar-refractivity contribution in [3.63, 3.8) is 0 Å². The average molecular weight is 377 g/mol. The van der Waals surface area contributed by atoms with Gasteiger partial charge in [-0.1, -0.05) is 30.3 Å². The van der Waals surface area contributed by atoms with Crippen molar-refractivity contribution in [1.29, 1.82) is 0 Å². The zero-order chi connectivity index (χ0) is 19.8. The van der Waals surface area contributed by atoms with Crippen LogP contribution in [0, 0.1) is 0 Å². The lowest BCUT2D eigenvalue weighted by molar-refractivity contribution is -0.131. The van der Waals surface area contributed by atoms with Gasteiger partial charge in [-0.15, -0.1) is 0 Å². The van der Waals surface area contributed by atoms with Crippen LogP contribution in [-0.2, 0) is 11.2 Å². The van der Waals surface area contributed by atoms with Crippen molar-refractivity contribution in [1.82, 2.24) is 5.32 Å². The van der Waals surface area contributed by atoms with Crippen molar-refractivity contribution in [3.8, 4) is 0 Å². The second-order valence-electron chi connectivity index (χ2n) is 6.56. The van der Waals surface area contributed by atoms with Crippen molar-refractivity contribution in [2.75, 3.05) is 18.4 Å². The van der Waals surface area contributed by atoms with Crippen molar-refractivity contribution in [3.05, 3.63) is 71.3 Å². The van der Waals surface area contributed by atoms with Gasteiger partial charge in [0.05, 0.1) is 0 Å². The zero-order valence-corrected chi connectivity index (χ0v) is 15.5. The Bertz CT molecular complexity index is 919. The van der Waals surface area contributed by atoms with E-state index in [0.29, 0.717) is 24.0 Å². The van der Waals surface area contributed by atoms with Crippen LogP contribution in [0.5, 0.6) is 0 Å². The molecule has 0 saturated heterocycles. The number of carbonyl (C=O) groups is 2. The van der Waals surface area contributed by atoms with Crippen LogP contribution in [0.1, 0.15) is 34.3 Å². The van der Waals surface area contributed by atoms with Gasteiger partial charge < -0.3 is 15.7 Å². The van der Waals surface area contributed by atoms with Gasteiger partial charge in [0.1, 0.15) is 0 Å². The fraction of sp³-hybridized carbons (Fsp3) is 0.227. The Morgan fingerprint density at radius 1 is 1.18 bits per heavy atom. The molecule has 0 radical (unpaired) electrons. The van der Waals surface area contributed by atoms with Crippen LogP contribution in [0.25, 0.3) is 6.08 Å². The maximum Gasteiger partial charge on any atom is 0.328 e. The molecule has 6 nitrogen and oxygen atoms in total. The summed E-state index contributed by atoms with van der Waals surface area (Å²) in [5.74, 6) is -0.201. The van der Waals surface area contributed by atoms with E-state index < -0.39 is 5.97 Å². The molecule has 0 spiro atoms. The Morgan fingerprint density at radius 2 is 2.04 bits per heavy atom. The standard InChI is InChI=1S/C22H23N3O3/c26-20(18-6-1-4-16(14-18)9-11-21(27)28)10-8-17-5-2-7-19(15-17)25-22-23-12-3-13-24-22/h1-2,4-7,9,11,14-15H,3,8,10,12-13H2,(H,27,28)(H2,23,24,25). The largest absolute Gasteiger partial charge is 0.478 e. The monoisotopic (exact) mass is 377 g/mol. The van der Waals surface area contributed by atoms with Gasteiger partial charge in [-0.05, 0) is 48.2 Å². The third kappa shape index (κ3) is 5.81. The SMILES string of the molecule is O=C(O)C=Cc1cccc(C(=O)CCc2cccc(NC3=NCCCN3)c2)c1. The summed E-state index contributed by atoms with van der Waals surface area (Å²) in [6, 6.07) is 15.0. The van der Waals surface area contributed by atoms with Gasteiger partial charge in [0.2, 0.25) is 0 Å². The van der Waals surface area contributed by atoms with Gasteiger partial charge in [-0.3, -0.25) is 9.79 Å². The van der Waals surface area contributed by atoms with Crippen LogP contribution in [-0.4, -0.2) is 35.9 Å². The number of nitrogens with zero attached hydrogens (tertiary/aromatic N) is 1. The minimum atomic E-state index is -1.01. The topological polar surface area (TPSA) is 90.8 Å². The molecule has 0 fully saturated rings. The van der Waals surface area contributed by atoms with Gasteiger partial charge >= 0.3 is 5.97 Å². The first kappa shape index (κ1) is 19.4. The molecule has 1 heterocycles. The molecule has 0 bridgehead atoms. The number of rotatable bonds is 7. The predicted molar refractivity (Wildman–Crippen MR) is 111 cm³/mol. The minimum Gasteiger partial charge on any atom is -0.478 e. The van der Waals surface area contributed by atoms with Crippen molar-refractivity contribution in [2.24, 2.45) is 4.99 Å². The Morgan fingerprint density at radius 3 is 2.82 bits per heavy atom. The molecular weight excluding hydrogens is 354 g/mol. The number of anilines is 1. The quantitative estimate of drug-likeness (QED) is 0.508. The third-order valence-electron chi connectivity index (χ3n) is 4.35. The molecule has 0 unspecified atom stereocenters. The highest BCUT2D eigenvalue weighted by molar-refractivity contribution is 5.97. The second kappa shape index (κ2) is 9.50. The molecule has 2 aromatic carbocycles. The molecule has 28 heavy (non-hydrogen) atoms. The third-order valence-corrected chi connectivity index (χ3v) is 4.35. The molecule has 3 N–H and O–H groups in total. The number of aliphatic imine (C=N–C) groups is 1. The number of carboxylic acids is 1. The highest BCUT2D eigenvalue weighted by atomic mass is 16.4. The van der Waals surface area contributed by atoms with E-state index in [1.54, 1.807) is 24.3 Å². The van der Waals surface area contributed by atoms with E-state index in [4.69, 9.17) is 5.11 Å². The number of aryl methyl sites for hydroxylation is 1. The number of carbonyl (C=O) groups excluding carboxylic acids is 1. The van der Waals surface area contributed by atoms with Crippen LogP contribution >= 0.6 is 0 Å². The number of Topliss-reactive ketones (excluding diaryl/α,β-unsaturated/α-hetero) is 1. The van der Waals surface area contributed by atoms with E-state index in [-0.39, 0.29) is 5.78 Å². The summed E-state index contributed by atoms with van der Waals surface area (Å²) >= 11 is 0. The highest BCUT2D eigenvalue weighted by Crippen LogP contribution is 2.15. The fourth-order valence-electron chi connectivity index (χ4n) is 2.94. The first-order valence-electron chi connectivity index (χ1n) is 9.29.